The third kappa shape index (κ3) is 4.24. The number of ether oxygens (including phenoxy) is 2. The minimum Gasteiger partial charge on any atom is -0.497 e. The number of anilines is 1. The molecule has 1 unspecified atom stereocenters. The van der Waals surface area contributed by atoms with E-state index in [2.05, 4.69) is 11.9 Å². The highest BCUT2D eigenvalue weighted by Crippen LogP contribution is 2.20. The van der Waals surface area contributed by atoms with Crippen LogP contribution in [0.4, 0.5) is 5.69 Å². The van der Waals surface area contributed by atoms with Crippen molar-refractivity contribution in [3.63, 3.8) is 0 Å². The van der Waals surface area contributed by atoms with Gasteiger partial charge in [-0.3, -0.25) is 4.90 Å². The number of hydrogen-bond acceptors (Lipinski definition) is 4. The zero-order chi connectivity index (χ0) is 12.8. The first-order valence-corrected chi connectivity index (χ1v) is 5.70. The molecule has 0 aliphatic carbocycles. The molecule has 17 heavy (non-hydrogen) atoms. The molecule has 1 aromatic rings. The second kappa shape index (κ2) is 6.47. The van der Waals surface area contributed by atoms with Gasteiger partial charge in [-0.15, -0.1) is 0 Å². The molecular weight excluding hydrogens is 216 g/mol. The maximum atomic E-state index is 5.97. The van der Waals surface area contributed by atoms with Crippen LogP contribution in [0.25, 0.3) is 0 Å². The number of rotatable bonds is 6. The van der Waals surface area contributed by atoms with Crippen molar-refractivity contribution in [3.8, 4) is 5.75 Å². The first-order valence-electron chi connectivity index (χ1n) is 5.70. The van der Waals surface area contributed by atoms with Gasteiger partial charge in [0.2, 0.25) is 0 Å². The van der Waals surface area contributed by atoms with Crippen molar-refractivity contribution in [2.45, 2.75) is 19.6 Å². The van der Waals surface area contributed by atoms with Crippen LogP contribution >= 0.6 is 0 Å². The maximum absolute atomic E-state index is 5.97. The molecule has 1 aromatic carbocycles. The molecule has 4 heteroatoms. The zero-order valence-electron chi connectivity index (χ0n) is 11.1. The summed E-state index contributed by atoms with van der Waals surface area (Å²) in [4.78, 5) is 2.19. The molecule has 0 aliphatic heterocycles. The Morgan fingerprint density at radius 2 is 2.06 bits per heavy atom. The minimum atomic E-state index is 0.222. The smallest absolute Gasteiger partial charge is 0.120 e. The lowest BCUT2D eigenvalue weighted by Crippen LogP contribution is -2.28. The first-order chi connectivity index (χ1) is 8.06. The standard InChI is InChI=1S/C13H22N2O2/c1-10(16-3)8-15(2)9-11-5-6-12(17-4)7-13(11)14/h5-7,10H,8-9,14H2,1-4H3. The Morgan fingerprint density at radius 3 is 2.59 bits per heavy atom. The summed E-state index contributed by atoms with van der Waals surface area (Å²) in [7, 11) is 5.42. The quantitative estimate of drug-likeness (QED) is 0.767. The van der Waals surface area contributed by atoms with Gasteiger partial charge in [-0.25, -0.2) is 0 Å². The lowest BCUT2D eigenvalue weighted by atomic mass is 10.1. The average molecular weight is 238 g/mol. The van der Waals surface area contributed by atoms with E-state index in [0.717, 1.165) is 30.1 Å². The van der Waals surface area contributed by atoms with Crippen LogP contribution in [0.5, 0.6) is 5.75 Å². The molecule has 0 saturated carbocycles. The summed E-state index contributed by atoms with van der Waals surface area (Å²) in [6.07, 6.45) is 0.222. The molecule has 0 aromatic heterocycles. The van der Waals surface area contributed by atoms with Crippen molar-refractivity contribution in [2.75, 3.05) is 33.5 Å². The lowest BCUT2D eigenvalue weighted by molar-refractivity contribution is 0.0837. The van der Waals surface area contributed by atoms with Crippen LogP contribution in [-0.2, 0) is 11.3 Å². The van der Waals surface area contributed by atoms with E-state index < -0.39 is 0 Å². The topological polar surface area (TPSA) is 47.7 Å². The Labute approximate surface area is 103 Å². The third-order valence-corrected chi connectivity index (χ3v) is 2.76. The Bertz CT molecular complexity index is 355. The van der Waals surface area contributed by atoms with Crippen LogP contribution in [0.2, 0.25) is 0 Å². The van der Waals surface area contributed by atoms with Gasteiger partial charge in [0.05, 0.1) is 13.2 Å². The summed E-state index contributed by atoms with van der Waals surface area (Å²) in [6, 6.07) is 5.78. The van der Waals surface area contributed by atoms with Crippen LogP contribution in [0, 0.1) is 0 Å². The minimum absolute atomic E-state index is 0.222. The van der Waals surface area contributed by atoms with Crippen molar-refractivity contribution in [2.24, 2.45) is 0 Å². The molecule has 4 nitrogen and oxygen atoms in total. The lowest BCUT2D eigenvalue weighted by Gasteiger charge is -2.21. The molecule has 0 spiro atoms. The molecule has 0 amide bonds. The van der Waals surface area contributed by atoms with Crippen LogP contribution in [0.15, 0.2) is 18.2 Å². The monoisotopic (exact) mass is 238 g/mol. The number of nitrogens with two attached hydrogens (primary N) is 1. The Morgan fingerprint density at radius 1 is 1.35 bits per heavy atom. The fourth-order valence-electron chi connectivity index (χ4n) is 1.71. The van der Waals surface area contributed by atoms with Gasteiger partial charge in [0.25, 0.3) is 0 Å². The zero-order valence-corrected chi connectivity index (χ0v) is 11.1. The van der Waals surface area contributed by atoms with Gasteiger partial charge < -0.3 is 15.2 Å². The molecule has 0 saturated heterocycles. The van der Waals surface area contributed by atoms with Crippen LogP contribution < -0.4 is 10.5 Å². The molecule has 96 valence electrons. The van der Waals surface area contributed by atoms with Gasteiger partial charge in [0.15, 0.2) is 0 Å². The molecule has 0 heterocycles. The van der Waals surface area contributed by atoms with Crippen LogP contribution in [0.3, 0.4) is 0 Å². The van der Waals surface area contributed by atoms with E-state index in [1.807, 2.05) is 25.1 Å². The highest BCUT2D eigenvalue weighted by atomic mass is 16.5. The van der Waals surface area contributed by atoms with Gasteiger partial charge >= 0.3 is 0 Å². The SMILES string of the molecule is COc1ccc(CN(C)CC(C)OC)c(N)c1. The van der Waals surface area contributed by atoms with Crippen molar-refractivity contribution in [3.05, 3.63) is 23.8 Å². The van der Waals surface area contributed by atoms with Gasteiger partial charge in [-0.2, -0.15) is 0 Å². The van der Waals surface area contributed by atoms with Gasteiger partial charge in [0, 0.05) is 32.0 Å². The van der Waals surface area contributed by atoms with Crippen molar-refractivity contribution in [1.82, 2.24) is 4.90 Å². The molecule has 1 rings (SSSR count). The second-order valence-corrected chi connectivity index (χ2v) is 4.31. The second-order valence-electron chi connectivity index (χ2n) is 4.31. The van der Waals surface area contributed by atoms with Crippen molar-refractivity contribution < 1.29 is 9.47 Å². The summed E-state index contributed by atoms with van der Waals surface area (Å²) >= 11 is 0. The summed E-state index contributed by atoms with van der Waals surface area (Å²) < 4.78 is 10.4. The van der Waals surface area contributed by atoms with E-state index in [4.69, 9.17) is 15.2 Å². The maximum Gasteiger partial charge on any atom is 0.120 e. The molecule has 0 bridgehead atoms. The fraction of sp³-hybridized carbons (Fsp3) is 0.538. The number of nitrogen functional groups attached to an aromatic ring is 1. The number of nitrogens with zero attached hydrogens (tertiary/aromatic N) is 1. The molecular formula is C13H22N2O2. The number of methoxy groups -OCH3 is 2. The highest BCUT2D eigenvalue weighted by molar-refractivity contribution is 5.51. The van der Waals surface area contributed by atoms with Gasteiger partial charge in [-0.05, 0) is 25.6 Å². The van der Waals surface area contributed by atoms with E-state index in [1.54, 1.807) is 14.2 Å². The predicted octanol–water partition coefficient (Wildman–Crippen LogP) is 1.74. The Kier molecular flexibility index (Phi) is 5.25. The van der Waals surface area contributed by atoms with Crippen LogP contribution in [0.1, 0.15) is 12.5 Å². The highest BCUT2D eigenvalue weighted by Gasteiger charge is 2.08. The summed E-state index contributed by atoms with van der Waals surface area (Å²) in [5.41, 5.74) is 7.84. The van der Waals surface area contributed by atoms with Crippen LogP contribution in [-0.4, -0.2) is 38.8 Å². The van der Waals surface area contributed by atoms with Gasteiger partial charge in [0.1, 0.15) is 5.75 Å². The normalized spacial score (nSPS) is 12.8. The molecule has 0 aliphatic rings. The third-order valence-electron chi connectivity index (χ3n) is 2.76. The van der Waals surface area contributed by atoms with Crippen molar-refractivity contribution in [1.29, 1.82) is 0 Å². The van der Waals surface area contributed by atoms with Crippen molar-refractivity contribution >= 4 is 5.69 Å². The summed E-state index contributed by atoms with van der Waals surface area (Å²) in [5.74, 6) is 0.791. The fourth-order valence-corrected chi connectivity index (χ4v) is 1.71. The molecule has 2 N–H and O–H groups in total. The predicted molar refractivity (Wildman–Crippen MR) is 70.2 cm³/mol. The van der Waals surface area contributed by atoms with E-state index in [-0.39, 0.29) is 6.10 Å². The number of hydrogen-bond donors (Lipinski definition) is 1. The molecule has 1 atom stereocenters. The summed E-state index contributed by atoms with van der Waals surface area (Å²) in [5, 5.41) is 0. The number of benzene rings is 1. The van der Waals surface area contributed by atoms with E-state index >= 15 is 0 Å². The Hall–Kier alpha value is -1.26. The largest absolute Gasteiger partial charge is 0.497 e. The Balaban J connectivity index is 2.62. The van der Waals surface area contributed by atoms with E-state index in [0.29, 0.717) is 0 Å². The average Bonchev–Trinajstić information content (AvgIpc) is 2.31. The molecule has 0 fully saturated rings. The van der Waals surface area contributed by atoms with Gasteiger partial charge in [-0.1, -0.05) is 6.07 Å². The first kappa shape index (κ1) is 13.8. The van der Waals surface area contributed by atoms with E-state index in [1.165, 1.54) is 0 Å². The number of likely N-dealkylation sites (N-methyl/N-ethyl adjacent to an activating group) is 1. The van der Waals surface area contributed by atoms with E-state index in [9.17, 15) is 0 Å². The molecule has 0 radical (unpaired) electrons. The summed E-state index contributed by atoms with van der Waals surface area (Å²) in [6.45, 7) is 3.74.